The number of carbonyl (C=O) groups is 1. The Morgan fingerprint density at radius 3 is 2.65 bits per heavy atom. The lowest BCUT2D eigenvalue weighted by molar-refractivity contribution is -0.126. The molecule has 1 amide bonds. The summed E-state index contributed by atoms with van der Waals surface area (Å²) in [5, 5.41) is 3.95. The minimum atomic E-state index is -0.198. The molecule has 2 fully saturated rings. The van der Waals surface area contributed by atoms with Gasteiger partial charge in [-0.3, -0.25) is 9.69 Å². The van der Waals surface area contributed by atoms with E-state index in [2.05, 4.69) is 10.2 Å². The van der Waals surface area contributed by atoms with Gasteiger partial charge in [0, 0.05) is 30.6 Å². The molecule has 0 aromatic heterocycles. The van der Waals surface area contributed by atoms with Crippen LogP contribution in [0.4, 0.5) is 4.39 Å². The van der Waals surface area contributed by atoms with Gasteiger partial charge in [0.15, 0.2) is 0 Å². The number of nitrogens with zero attached hydrogens (tertiary/aromatic N) is 1. The third-order valence-electron chi connectivity index (χ3n) is 5.50. The van der Waals surface area contributed by atoms with E-state index in [0.717, 1.165) is 55.6 Å². The Bertz CT molecular complexity index is 560. The number of likely N-dealkylation sites (tertiary alicyclic amines) is 1. The number of benzene rings is 1. The second-order valence-electron chi connectivity index (χ2n) is 7.62. The summed E-state index contributed by atoms with van der Waals surface area (Å²) in [6, 6.07) is 6.68. The highest BCUT2D eigenvalue weighted by atomic mass is 32.2. The summed E-state index contributed by atoms with van der Waals surface area (Å²) in [5.74, 6) is 1.13. The molecule has 3 nitrogen and oxygen atoms in total. The molecule has 0 unspecified atom stereocenters. The summed E-state index contributed by atoms with van der Waals surface area (Å²) >= 11 is 2.03. The Balaban J connectivity index is 1.36. The van der Waals surface area contributed by atoms with Crippen molar-refractivity contribution in [3.63, 3.8) is 0 Å². The summed E-state index contributed by atoms with van der Waals surface area (Å²) < 4.78 is 13.0. The number of thioether (sulfide) groups is 1. The third kappa shape index (κ3) is 6.27. The van der Waals surface area contributed by atoms with Crippen LogP contribution in [0.1, 0.15) is 50.5 Å². The van der Waals surface area contributed by atoms with E-state index < -0.39 is 0 Å². The number of nitrogens with one attached hydrogen (secondary N) is 1. The van der Waals surface area contributed by atoms with Gasteiger partial charge in [0.2, 0.25) is 5.91 Å². The van der Waals surface area contributed by atoms with Crippen molar-refractivity contribution in [3.8, 4) is 0 Å². The molecular formula is C21H31FN2OS. The normalized spacial score (nSPS) is 22.3. The molecule has 1 aromatic carbocycles. The number of hydrogen-bond donors (Lipinski definition) is 1. The van der Waals surface area contributed by atoms with Crippen molar-refractivity contribution in [2.24, 2.45) is 5.92 Å². The molecule has 1 saturated heterocycles. The molecule has 1 N–H and O–H groups in total. The maximum atomic E-state index is 13.0. The lowest BCUT2D eigenvalue weighted by Gasteiger charge is -2.32. The van der Waals surface area contributed by atoms with Crippen LogP contribution in [-0.4, -0.2) is 41.4 Å². The molecule has 1 aliphatic carbocycles. The van der Waals surface area contributed by atoms with Crippen LogP contribution >= 0.6 is 11.8 Å². The zero-order valence-electron chi connectivity index (χ0n) is 15.6. The van der Waals surface area contributed by atoms with E-state index in [1.54, 1.807) is 0 Å². The molecule has 144 valence electrons. The van der Waals surface area contributed by atoms with Gasteiger partial charge in [0.1, 0.15) is 5.82 Å². The van der Waals surface area contributed by atoms with E-state index in [1.807, 2.05) is 23.9 Å². The van der Waals surface area contributed by atoms with Gasteiger partial charge in [-0.25, -0.2) is 4.39 Å². The molecule has 1 aromatic rings. The molecule has 26 heavy (non-hydrogen) atoms. The summed E-state index contributed by atoms with van der Waals surface area (Å²) in [6.45, 7) is 3.40. The van der Waals surface area contributed by atoms with Gasteiger partial charge < -0.3 is 5.32 Å². The first-order valence-corrected chi connectivity index (χ1v) is 11.1. The Kier molecular flexibility index (Phi) is 7.81. The summed E-state index contributed by atoms with van der Waals surface area (Å²) in [5.41, 5.74) is 1.11. The average Bonchev–Trinajstić information content (AvgIpc) is 2.68. The van der Waals surface area contributed by atoms with Crippen LogP contribution in [0, 0.1) is 11.7 Å². The first-order chi connectivity index (χ1) is 12.7. The van der Waals surface area contributed by atoms with Crippen LogP contribution in [0.15, 0.2) is 24.3 Å². The van der Waals surface area contributed by atoms with E-state index in [0.29, 0.717) is 0 Å². The van der Waals surface area contributed by atoms with E-state index in [9.17, 15) is 9.18 Å². The molecule has 1 aliphatic heterocycles. The Labute approximate surface area is 161 Å². The van der Waals surface area contributed by atoms with Crippen LogP contribution in [-0.2, 0) is 11.3 Å². The van der Waals surface area contributed by atoms with Crippen LogP contribution in [0.3, 0.4) is 0 Å². The highest BCUT2D eigenvalue weighted by molar-refractivity contribution is 7.99. The highest BCUT2D eigenvalue weighted by Crippen LogP contribution is 2.27. The highest BCUT2D eigenvalue weighted by Gasteiger charge is 2.25. The maximum absolute atomic E-state index is 13.0. The molecule has 1 heterocycles. The van der Waals surface area contributed by atoms with Crippen LogP contribution in [0.5, 0.6) is 0 Å². The Morgan fingerprint density at radius 1 is 1.12 bits per heavy atom. The van der Waals surface area contributed by atoms with Crippen molar-refractivity contribution in [3.05, 3.63) is 35.6 Å². The largest absolute Gasteiger partial charge is 0.355 e. The molecule has 0 spiro atoms. The van der Waals surface area contributed by atoms with Crippen molar-refractivity contribution in [1.29, 1.82) is 0 Å². The van der Waals surface area contributed by atoms with Crippen LogP contribution in [0.2, 0.25) is 0 Å². The molecule has 3 rings (SSSR count). The third-order valence-corrected chi connectivity index (χ3v) is 6.89. The zero-order chi connectivity index (χ0) is 18.2. The van der Waals surface area contributed by atoms with E-state index in [-0.39, 0.29) is 17.6 Å². The topological polar surface area (TPSA) is 32.3 Å². The number of halogens is 1. The van der Waals surface area contributed by atoms with Crippen molar-refractivity contribution >= 4 is 17.7 Å². The first-order valence-electron chi connectivity index (χ1n) is 10.1. The van der Waals surface area contributed by atoms with Gasteiger partial charge in [0.25, 0.3) is 0 Å². The fraction of sp³-hybridized carbons (Fsp3) is 0.667. The van der Waals surface area contributed by atoms with Crippen LogP contribution < -0.4 is 5.32 Å². The van der Waals surface area contributed by atoms with Gasteiger partial charge in [0.05, 0.1) is 5.92 Å². The summed E-state index contributed by atoms with van der Waals surface area (Å²) in [7, 11) is 0. The average molecular weight is 379 g/mol. The van der Waals surface area contributed by atoms with E-state index in [4.69, 9.17) is 0 Å². The minimum absolute atomic E-state index is 0.0869. The van der Waals surface area contributed by atoms with Crippen molar-refractivity contribution in [2.45, 2.75) is 56.7 Å². The predicted octanol–water partition coefficient (Wildman–Crippen LogP) is 4.22. The molecule has 1 atom stereocenters. The summed E-state index contributed by atoms with van der Waals surface area (Å²) in [4.78, 5) is 14.8. The lowest BCUT2D eigenvalue weighted by Crippen LogP contribution is -2.43. The zero-order valence-corrected chi connectivity index (χ0v) is 16.4. The maximum Gasteiger partial charge on any atom is 0.224 e. The second kappa shape index (κ2) is 10.3. The van der Waals surface area contributed by atoms with Gasteiger partial charge in [-0.2, -0.15) is 11.8 Å². The molecule has 0 radical (unpaired) electrons. The van der Waals surface area contributed by atoms with Gasteiger partial charge in [-0.1, -0.05) is 31.4 Å². The number of carbonyl (C=O) groups excluding carboxylic acids is 1. The molecule has 0 bridgehead atoms. The number of rotatable bonds is 7. The molecule has 5 heteroatoms. The van der Waals surface area contributed by atoms with Crippen molar-refractivity contribution < 1.29 is 9.18 Å². The Morgan fingerprint density at radius 2 is 1.88 bits per heavy atom. The molecule has 1 saturated carbocycles. The fourth-order valence-corrected chi connectivity index (χ4v) is 5.26. The first kappa shape index (κ1) is 19.7. The fourth-order valence-electron chi connectivity index (χ4n) is 4.04. The minimum Gasteiger partial charge on any atom is -0.355 e. The summed E-state index contributed by atoms with van der Waals surface area (Å²) in [6.07, 6.45) is 8.85. The second-order valence-corrected chi connectivity index (χ2v) is 9.03. The number of hydrogen-bond acceptors (Lipinski definition) is 3. The molecular weight excluding hydrogens is 347 g/mol. The quantitative estimate of drug-likeness (QED) is 0.721. The van der Waals surface area contributed by atoms with Crippen LogP contribution in [0.25, 0.3) is 0 Å². The van der Waals surface area contributed by atoms with Gasteiger partial charge in [-0.05, 0) is 49.9 Å². The van der Waals surface area contributed by atoms with Gasteiger partial charge in [-0.15, -0.1) is 0 Å². The smallest absolute Gasteiger partial charge is 0.224 e. The van der Waals surface area contributed by atoms with Gasteiger partial charge >= 0.3 is 0 Å². The Hall–Kier alpha value is -1.07. The van der Waals surface area contributed by atoms with E-state index >= 15 is 0 Å². The standard InChI is InChI=1S/C21H31FN2OS/c22-19-10-8-17(9-11-19)15-24-13-4-5-18(16-24)21(25)23-12-14-26-20-6-2-1-3-7-20/h8-11,18,20H,1-7,12-16H2,(H,23,25)/t18-/m1/s1. The van der Waals surface area contributed by atoms with Crippen molar-refractivity contribution in [2.75, 3.05) is 25.4 Å². The number of amides is 1. The molecule has 2 aliphatic rings. The number of piperidine rings is 1. The van der Waals surface area contributed by atoms with Crippen molar-refractivity contribution in [1.82, 2.24) is 10.2 Å². The lowest BCUT2D eigenvalue weighted by atomic mass is 9.96. The monoisotopic (exact) mass is 378 g/mol. The predicted molar refractivity (Wildman–Crippen MR) is 107 cm³/mol. The van der Waals surface area contributed by atoms with E-state index in [1.165, 1.54) is 44.2 Å². The SMILES string of the molecule is O=C(NCCSC1CCCCC1)[C@@H]1CCCN(Cc2ccc(F)cc2)C1.